The summed E-state index contributed by atoms with van der Waals surface area (Å²) in [5.74, 6) is 3.19. The van der Waals surface area contributed by atoms with Gasteiger partial charge in [-0.15, -0.1) is 12.2 Å². The molecule has 5 rings (SSSR count). The number of rotatable bonds is 5. The normalized spacial score (nSPS) is 13.5. The van der Waals surface area contributed by atoms with Gasteiger partial charge in [-0.05, 0) is 59.4 Å². The van der Waals surface area contributed by atoms with Crippen molar-refractivity contribution in [3.63, 3.8) is 0 Å². The third kappa shape index (κ3) is 3.19. The predicted octanol–water partition coefficient (Wildman–Crippen LogP) is 8.10. The molecular formula is C33H29N. The molecule has 0 radical (unpaired) electrons. The van der Waals surface area contributed by atoms with Crippen molar-refractivity contribution in [2.24, 2.45) is 5.92 Å². The van der Waals surface area contributed by atoms with Crippen LogP contribution in [0.15, 0.2) is 90.7 Å². The SMILES string of the molecule is C#CCn1c(/C=C\C)c(C=C=CC2(C(C)C)c3ccccc3-c3ccccc32)c2ccccc21. The first-order valence-electron chi connectivity index (χ1n) is 11.9. The van der Waals surface area contributed by atoms with E-state index in [0.717, 1.165) is 16.8 Å². The largest absolute Gasteiger partial charge is 0.329 e. The molecule has 34 heavy (non-hydrogen) atoms. The minimum atomic E-state index is -0.221. The summed E-state index contributed by atoms with van der Waals surface area (Å²) in [4.78, 5) is 0. The average Bonchev–Trinajstić information content (AvgIpc) is 3.31. The van der Waals surface area contributed by atoms with E-state index >= 15 is 0 Å². The number of benzene rings is 3. The first kappa shape index (κ1) is 21.8. The molecule has 0 spiro atoms. The number of hydrogen-bond acceptors (Lipinski definition) is 0. The molecule has 0 amide bonds. The van der Waals surface area contributed by atoms with Gasteiger partial charge in [0.15, 0.2) is 0 Å². The molecule has 1 aliphatic rings. The lowest BCUT2D eigenvalue weighted by Crippen LogP contribution is -2.28. The maximum atomic E-state index is 5.72. The van der Waals surface area contributed by atoms with Gasteiger partial charge in [-0.1, -0.05) is 92.6 Å². The summed E-state index contributed by atoms with van der Waals surface area (Å²) in [7, 11) is 0. The van der Waals surface area contributed by atoms with Crippen LogP contribution < -0.4 is 0 Å². The standard InChI is InChI=1S/C33H29N/c1-5-14-31-28(27-17-9-12-21-32(27)34(31)23-6-2)18-13-22-33(24(3)4)29-19-10-7-15-25(29)26-16-8-11-20-30(26)33/h2,5,7-12,14-22,24H,23H2,1,3-4H3/b14-5-. The van der Waals surface area contributed by atoms with Gasteiger partial charge < -0.3 is 4.57 Å². The van der Waals surface area contributed by atoms with Gasteiger partial charge in [0.05, 0.1) is 12.2 Å². The van der Waals surface area contributed by atoms with Gasteiger partial charge in [0.1, 0.15) is 0 Å². The third-order valence-electron chi connectivity index (χ3n) is 7.11. The molecule has 0 fully saturated rings. The molecule has 0 N–H and O–H groups in total. The van der Waals surface area contributed by atoms with E-state index in [0.29, 0.717) is 12.5 Å². The van der Waals surface area contributed by atoms with Crippen LogP contribution in [0.5, 0.6) is 0 Å². The summed E-state index contributed by atoms with van der Waals surface area (Å²) in [5, 5.41) is 1.19. The van der Waals surface area contributed by atoms with E-state index in [4.69, 9.17) is 6.42 Å². The second-order valence-corrected chi connectivity index (χ2v) is 9.18. The Labute approximate surface area is 202 Å². The van der Waals surface area contributed by atoms with Crippen LogP contribution in [0.25, 0.3) is 34.2 Å². The Hall–Kier alpha value is -3.98. The van der Waals surface area contributed by atoms with Crippen molar-refractivity contribution in [3.05, 3.63) is 113 Å². The third-order valence-corrected chi connectivity index (χ3v) is 7.11. The van der Waals surface area contributed by atoms with Gasteiger partial charge in [-0.3, -0.25) is 0 Å². The van der Waals surface area contributed by atoms with Crippen LogP contribution in [-0.4, -0.2) is 4.57 Å². The van der Waals surface area contributed by atoms with E-state index in [1.165, 1.54) is 27.6 Å². The molecule has 4 aromatic rings. The smallest absolute Gasteiger partial charge is 0.0841 e. The van der Waals surface area contributed by atoms with Crippen molar-refractivity contribution in [3.8, 4) is 23.5 Å². The molecule has 3 aromatic carbocycles. The van der Waals surface area contributed by atoms with Gasteiger partial charge in [0.2, 0.25) is 0 Å². The van der Waals surface area contributed by atoms with E-state index in [-0.39, 0.29) is 5.41 Å². The maximum absolute atomic E-state index is 5.72. The Morgan fingerprint density at radius 1 is 0.912 bits per heavy atom. The molecular weight excluding hydrogens is 410 g/mol. The molecule has 166 valence electrons. The fraction of sp³-hybridized carbons (Fsp3) is 0.182. The van der Waals surface area contributed by atoms with Gasteiger partial charge in [0.25, 0.3) is 0 Å². The van der Waals surface area contributed by atoms with E-state index in [2.05, 4.69) is 127 Å². The quantitative estimate of drug-likeness (QED) is 0.219. The van der Waals surface area contributed by atoms with Gasteiger partial charge in [-0.25, -0.2) is 0 Å². The minimum Gasteiger partial charge on any atom is -0.329 e. The predicted molar refractivity (Wildman–Crippen MR) is 146 cm³/mol. The van der Waals surface area contributed by atoms with Crippen LogP contribution in [-0.2, 0) is 12.0 Å². The first-order chi connectivity index (χ1) is 16.6. The van der Waals surface area contributed by atoms with Gasteiger partial charge in [-0.2, -0.15) is 0 Å². The number of para-hydroxylation sites is 1. The van der Waals surface area contributed by atoms with Gasteiger partial charge in [0, 0.05) is 21.9 Å². The Morgan fingerprint density at radius 2 is 1.53 bits per heavy atom. The van der Waals surface area contributed by atoms with E-state index in [1.54, 1.807) is 0 Å². The second-order valence-electron chi connectivity index (χ2n) is 9.18. The van der Waals surface area contributed by atoms with Crippen LogP contribution in [0.2, 0.25) is 0 Å². The number of hydrogen-bond donors (Lipinski definition) is 0. The molecule has 0 saturated carbocycles. The molecule has 0 unspecified atom stereocenters. The van der Waals surface area contributed by atoms with Crippen LogP contribution in [0, 0.1) is 18.3 Å². The zero-order valence-electron chi connectivity index (χ0n) is 20.0. The molecule has 0 atom stereocenters. The van der Waals surface area contributed by atoms with Crippen LogP contribution in [0.3, 0.4) is 0 Å². The van der Waals surface area contributed by atoms with Crippen molar-refractivity contribution < 1.29 is 0 Å². The topological polar surface area (TPSA) is 4.93 Å². The molecule has 0 aliphatic heterocycles. The Bertz CT molecular complexity index is 1460. The second kappa shape index (κ2) is 8.75. The highest BCUT2D eigenvalue weighted by Gasteiger charge is 2.43. The molecule has 1 aromatic heterocycles. The highest BCUT2D eigenvalue weighted by atomic mass is 15.0. The number of terminal acetylenes is 1. The van der Waals surface area contributed by atoms with Crippen molar-refractivity contribution >= 4 is 23.1 Å². The van der Waals surface area contributed by atoms with E-state index in [9.17, 15) is 0 Å². The lowest BCUT2D eigenvalue weighted by atomic mass is 9.70. The van der Waals surface area contributed by atoms with Crippen LogP contribution >= 0.6 is 0 Å². The average molecular weight is 440 g/mol. The zero-order valence-corrected chi connectivity index (χ0v) is 20.0. The van der Waals surface area contributed by atoms with Crippen molar-refractivity contribution in [2.75, 3.05) is 0 Å². The lowest BCUT2D eigenvalue weighted by molar-refractivity contribution is 0.463. The maximum Gasteiger partial charge on any atom is 0.0841 e. The highest BCUT2D eigenvalue weighted by Crippen LogP contribution is 2.53. The summed E-state index contributed by atoms with van der Waals surface area (Å²) in [6.07, 6.45) is 14.4. The Balaban J connectivity index is 1.75. The highest BCUT2D eigenvalue weighted by molar-refractivity contribution is 5.94. The monoisotopic (exact) mass is 439 g/mol. The molecule has 0 saturated heterocycles. The number of aromatic nitrogens is 1. The molecule has 1 heterocycles. The molecule has 1 nitrogen and oxygen atoms in total. The number of allylic oxidation sites excluding steroid dienone is 2. The van der Waals surface area contributed by atoms with Crippen molar-refractivity contribution in [1.29, 1.82) is 0 Å². The summed E-state index contributed by atoms with van der Waals surface area (Å²) in [5.41, 5.74) is 12.2. The fourth-order valence-electron chi connectivity index (χ4n) is 5.60. The Morgan fingerprint density at radius 3 is 2.15 bits per heavy atom. The summed E-state index contributed by atoms with van der Waals surface area (Å²) in [6, 6.07) is 26.1. The summed E-state index contributed by atoms with van der Waals surface area (Å²) in [6.45, 7) is 7.19. The molecule has 1 heteroatoms. The molecule has 1 aliphatic carbocycles. The van der Waals surface area contributed by atoms with Crippen molar-refractivity contribution in [1.82, 2.24) is 4.57 Å². The number of nitrogens with zero attached hydrogens (tertiary/aromatic N) is 1. The number of fused-ring (bicyclic) bond motifs is 4. The van der Waals surface area contributed by atoms with Gasteiger partial charge >= 0.3 is 0 Å². The first-order valence-corrected chi connectivity index (χ1v) is 11.9. The van der Waals surface area contributed by atoms with Crippen LogP contribution in [0.1, 0.15) is 43.2 Å². The van der Waals surface area contributed by atoms with E-state index in [1.807, 2.05) is 6.92 Å². The molecule has 0 bridgehead atoms. The Kier molecular flexibility index (Phi) is 5.62. The minimum absolute atomic E-state index is 0.221. The van der Waals surface area contributed by atoms with Crippen LogP contribution in [0.4, 0.5) is 0 Å². The lowest BCUT2D eigenvalue weighted by Gasteiger charge is -2.32. The van der Waals surface area contributed by atoms with Crippen molar-refractivity contribution in [2.45, 2.75) is 32.7 Å². The zero-order chi connectivity index (χ0) is 23.7. The summed E-state index contributed by atoms with van der Waals surface area (Å²) >= 11 is 0. The fourth-order valence-corrected chi connectivity index (χ4v) is 5.60. The summed E-state index contributed by atoms with van der Waals surface area (Å²) < 4.78 is 2.21. The van der Waals surface area contributed by atoms with E-state index < -0.39 is 0 Å².